The molecule has 0 amide bonds. The molecule has 0 aliphatic rings. The van der Waals surface area contributed by atoms with Gasteiger partial charge in [0.05, 0.1) is 17.6 Å². The second kappa shape index (κ2) is 5.38. The summed E-state index contributed by atoms with van der Waals surface area (Å²) in [5.74, 6) is 0. The number of halogens is 4. The van der Waals surface area contributed by atoms with Crippen LogP contribution < -0.4 is 0 Å². The molecule has 2 rings (SSSR count). The van der Waals surface area contributed by atoms with Gasteiger partial charge in [0.2, 0.25) is 0 Å². The topological polar surface area (TPSA) is 38.1 Å². The maximum absolute atomic E-state index is 12.1. The normalized spacial score (nSPS) is 12.3. The van der Waals surface area contributed by atoms with Gasteiger partial charge in [0.15, 0.2) is 0 Å². The molecule has 0 aromatic carbocycles. The molecule has 0 bridgehead atoms. The number of pyridine rings is 1. The van der Waals surface area contributed by atoms with Gasteiger partial charge in [0.25, 0.3) is 0 Å². The smallest absolute Gasteiger partial charge is 0.389 e. The van der Waals surface area contributed by atoms with E-state index in [1.807, 2.05) is 0 Å². The Morgan fingerprint density at radius 2 is 2.05 bits per heavy atom. The molecule has 19 heavy (non-hydrogen) atoms. The van der Waals surface area contributed by atoms with Crippen LogP contribution >= 0.6 is 11.6 Å². The summed E-state index contributed by atoms with van der Waals surface area (Å²) >= 11 is 5.76. The molecule has 0 atom stereocenters. The highest BCUT2D eigenvalue weighted by molar-refractivity contribution is 6.29. The van der Waals surface area contributed by atoms with Crippen molar-refractivity contribution in [1.82, 2.24) is 9.55 Å². The van der Waals surface area contributed by atoms with Crippen LogP contribution in [0.25, 0.3) is 11.0 Å². The highest BCUT2D eigenvalue weighted by Crippen LogP contribution is 2.25. The summed E-state index contributed by atoms with van der Waals surface area (Å²) in [4.78, 5) is 4.07. The predicted molar refractivity (Wildman–Crippen MR) is 66.0 cm³/mol. The van der Waals surface area contributed by atoms with Gasteiger partial charge >= 0.3 is 6.18 Å². The van der Waals surface area contributed by atoms with E-state index < -0.39 is 12.6 Å². The fourth-order valence-electron chi connectivity index (χ4n) is 2.00. The average Bonchev–Trinajstić information content (AvgIpc) is 2.65. The lowest BCUT2D eigenvalue weighted by atomic mass is 10.3. The molecule has 1 N–H and O–H groups in total. The lowest BCUT2D eigenvalue weighted by molar-refractivity contribution is -0.135. The second-order valence-electron chi connectivity index (χ2n) is 4.20. The van der Waals surface area contributed by atoms with Gasteiger partial charge in [-0.1, -0.05) is 11.6 Å². The van der Waals surface area contributed by atoms with Gasteiger partial charge in [0, 0.05) is 18.7 Å². The number of aromatic nitrogens is 2. The number of hydrogen-bond acceptors (Lipinski definition) is 2. The molecule has 0 aliphatic carbocycles. The van der Waals surface area contributed by atoms with Crippen molar-refractivity contribution in [2.24, 2.45) is 0 Å². The number of aryl methyl sites for hydroxylation is 1. The van der Waals surface area contributed by atoms with Crippen molar-refractivity contribution in [2.75, 3.05) is 0 Å². The van der Waals surface area contributed by atoms with Crippen LogP contribution in [0.2, 0.25) is 5.15 Å². The van der Waals surface area contributed by atoms with Gasteiger partial charge in [-0.3, -0.25) is 0 Å². The minimum atomic E-state index is -4.16. The van der Waals surface area contributed by atoms with Crippen molar-refractivity contribution in [1.29, 1.82) is 0 Å². The highest BCUT2D eigenvalue weighted by Gasteiger charge is 2.26. The molecule has 2 heterocycles. The third kappa shape index (κ3) is 3.39. The Balaban J connectivity index is 2.25. The van der Waals surface area contributed by atoms with Gasteiger partial charge in [-0.25, -0.2) is 4.98 Å². The largest absolute Gasteiger partial charge is 0.390 e. The van der Waals surface area contributed by atoms with Crippen LogP contribution in [0.1, 0.15) is 18.5 Å². The number of fused-ring (bicyclic) bond motifs is 1. The van der Waals surface area contributed by atoms with Crippen molar-refractivity contribution >= 4 is 22.6 Å². The molecule has 0 unspecified atom stereocenters. The van der Waals surface area contributed by atoms with Crippen molar-refractivity contribution in [3.05, 3.63) is 29.0 Å². The van der Waals surface area contributed by atoms with Gasteiger partial charge in [-0.05, 0) is 24.6 Å². The van der Waals surface area contributed by atoms with E-state index in [0.717, 1.165) is 0 Å². The summed E-state index contributed by atoms with van der Waals surface area (Å²) in [6.07, 6.45) is -5.05. The number of hydrogen-bond donors (Lipinski definition) is 1. The molecule has 2 aromatic heterocycles. The number of rotatable bonds is 4. The predicted octanol–water partition coefficient (Wildman–Crippen LogP) is 3.52. The van der Waals surface area contributed by atoms with E-state index >= 15 is 0 Å². The fraction of sp³-hybridized carbons (Fsp3) is 0.417. The Bertz CT molecular complexity index is 580. The van der Waals surface area contributed by atoms with E-state index in [4.69, 9.17) is 11.6 Å². The summed E-state index contributed by atoms with van der Waals surface area (Å²) < 4.78 is 38.1. The van der Waals surface area contributed by atoms with Crippen LogP contribution in [0, 0.1) is 0 Å². The number of nitrogens with zero attached hydrogens (tertiary/aromatic N) is 2. The molecule has 0 fully saturated rings. The molecular formula is C12H12ClF3N2O. The van der Waals surface area contributed by atoms with Crippen molar-refractivity contribution in [2.45, 2.75) is 32.2 Å². The summed E-state index contributed by atoms with van der Waals surface area (Å²) in [6, 6.07) is 4.90. The molecular weight excluding hydrogens is 281 g/mol. The summed E-state index contributed by atoms with van der Waals surface area (Å²) in [7, 11) is 0. The van der Waals surface area contributed by atoms with Gasteiger partial charge in [0.1, 0.15) is 5.15 Å². The van der Waals surface area contributed by atoms with E-state index in [9.17, 15) is 18.3 Å². The molecule has 0 aliphatic heterocycles. The van der Waals surface area contributed by atoms with E-state index in [1.54, 1.807) is 22.8 Å². The lowest BCUT2D eigenvalue weighted by Gasteiger charge is -2.10. The summed E-state index contributed by atoms with van der Waals surface area (Å²) in [5.41, 5.74) is 1.78. The minimum Gasteiger partial charge on any atom is -0.390 e. The first-order chi connectivity index (χ1) is 8.90. The monoisotopic (exact) mass is 292 g/mol. The molecule has 0 radical (unpaired) electrons. The zero-order valence-corrected chi connectivity index (χ0v) is 10.7. The SMILES string of the molecule is OCc1cc2nc(Cl)ccc2n1CCCC(F)(F)F. The van der Waals surface area contributed by atoms with Crippen LogP contribution in [0.5, 0.6) is 0 Å². The standard InChI is InChI=1S/C12H12ClF3N2O/c13-11-3-2-10-9(17-11)6-8(7-19)18(10)5-1-4-12(14,15)16/h2-3,6,19H,1,4-5,7H2. The van der Waals surface area contributed by atoms with Crippen LogP contribution in [-0.4, -0.2) is 20.8 Å². The fourth-order valence-corrected chi connectivity index (χ4v) is 2.15. The molecule has 0 spiro atoms. The number of aliphatic hydroxyl groups excluding tert-OH is 1. The maximum Gasteiger partial charge on any atom is 0.389 e. The minimum absolute atomic E-state index is 0.0388. The lowest BCUT2D eigenvalue weighted by Crippen LogP contribution is -2.10. The van der Waals surface area contributed by atoms with Crippen LogP contribution in [0.3, 0.4) is 0 Å². The Labute approximate surface area is 112 Å². The highest BCUT2D eigenvalue weighted by atomic mass is 35.5. The molecule has 3 nitrogen and oxygen atoms in total. The summed E-state index contributed by atoms with van der Waals surface area (Å²) in [5, 5.41) is 9.55. The third-order valence-electron chi connectivity index (χ3n) is 2.81. The molecule has 7 heteroatoms. The third-order valence-corrected chi connectivity index (χ3v) is 3.02. The molecule has 2 aromatic rings. The number of aliphatic hydroxyl groups is 1. The Morgan fingerprint density at radius 3 is 2.68 bits per heavy atom. The quantitative estimate of drug-likeness (QED) is 0.876. The van der Waals surface area contributed by atoms with Crippen molar-refractivity contribution in [3.63, 3.8) is 0 Å². The van der Waals surface area contributed by atoms with Gasteiger partial charge in [-0.2, -0.15) is 13.2 Å². The van der Waals surface area contributed by atoms with E-state index in [-0.39, 0.29) is 19.6 Å². The molecule has 0 saturated carbocycles. The maximum atomic E-state index is 12.1. The van der Waals surface area contributed by atoms with Gasteiger partial charge < -0.3 is 9.67 Å². The van der Waals surface area contributed by atoms with E-state index in [0.29, 0.717) is 21.9 Å². The molecule has 104 valence electrons. The Morgan fingerprint density at radius 1 is 1.32 bits per heavy atom. The van der Waals surface area contributed by atoms with E-state index in [2.05, 4.69) is 4.98 Å². The zero-order valence-electron chi connectivity index (χ0n) is 9.91. The first kappa shape index (κ1) is 14.1. The molecule has 0 saturated heterocycles. The summed E-state index contributed by atoms with van der Waals surface area (Å²) in [6.45, 7) is -0.0672. The van der Waals surface area contributed by atoms with Crippen molar-refractivity contribution < 1.29 is 18.3 Å². The van der Waals surface area contributed by atoms with Gasteiger partial charge in [-0.15, -0.1) is 0 Å². The van der Waals surface area contributed by atoms with Crippen molar-refractivity contribution in [3.8, 4) is 0 Å². The van der Waals surface area contributed by atoms with Crippen LogP contribution in [0.15, 0.2) is 18.2 Å². The van der Waals surface area contributed by atoms with Crippen LogP contribution in [-0.2, 0) is 13.2 Å². The first-order valence-corrected chi connectivity index (χ1v) is 6.11. The Kier molecular flexibility index (Phi) is 4.01. The Hall–Kier alpha value is -1.27. The van der Waals surface area contributed by atoms with E-state index in [1.165, 1.54) is 0 Å². The second-order valence-corrected chi connectivity index (χ2v) is 4.59. The average molecular weight is 293 g/mol. The number of alkyl halides is 3. The first-order valence-electron chi connectivity index (χ1n) is 5.73. The zero-order chi connectivity index (χ0) is 14.0. The van der Waals surface area contributed by atoms with Crippen LogP contribution in [0.4, 0.5) is 13.2 Å².